The molecule has 0 bridgehead atoms. The van der Waals surface area contributed by atoms with Gasteiger partial charge in [-0.15, -0.1) is 0 Å². The molecule has 0 fully saturated rings. The Morgan fingerprint density at radius 2 is 1.04 bits per heavy atom. The third kappa shape index (κ3) is 5.46. The van der Waals surface area contributed by atoms with Crippen molar-refractivity contribution in [1.82, 2.24) is 0 Å². The molecule has 0 saturated heterocycles. The number of aromatic hydroxyl groups is 1. The van der Waals surface area contributed by atoms with Crippen LogP contribution in [-0.4, -0.2) is 18.3 Å². The van der Waals surface area contributed by atoms with E-state index in [-0.39, 0.29) is 5.75 Å². The lowest BCUT2D eigenvalue weighted by Gasteiger charge is -2.27. The fourth-order valence-corrected chi connectivity index (χ4v) is 10.8. The smallest absolute Gasteiger partial charge is 0.132 e. The monoisotopic (exact) mass is 632 g/mol. The Bertz CT molecular complexity index is 2130. The normalized spacial score (nSPS) is 12.5. The first-order valence-electron chi connectivity index (χ1n) is 15.8. The molecule has 0 aliphatic rings. The van der Waals surface area contributed by atoms with Gasteiger partial charge in [-0.05, 0) is 62.8 Å². The SMILES string of the molecule is C[Si](C)(C)c1ccccc1[C@@H](O)c1ccc2ccccc2c1-c1c(O)c(P(c2ccccc2)c2ccccc2)cc2ccccc12. The number of rotatable bonds is 7. The minimum atomic E-state index is -1.78. The highest BCUT2D eigenvalue weighted by Crippen LogP contribution is 2.48. The summed E-state index contributed by atoms with van der Waals surface area (Å²) in [7, 11) is -2.87. The highest BCUT2D eigenvalue weighted by molar-refractivity contribution is 7.80. The van der Waals surface area contributed by atoms with E-state index in [9.17, 15) is 10.2 Å². The van der Waals surface area contributed by atoms with Gasteiger partial charge in [0, 0.05) is 10.9 Å². The van der Waals surface area contributed by atoms with Crippen LogP contribution in [0, 0.1) is 0 Å². The molecular formula is C42H37O2PSi. The van der Waals surface area contributed by atoms with Crippen LogP contribution in [0.15, 0.2) is 152 Å². The van der Waals surface area contributed by atoms with Crippen LogP contribution < -0.4 is 21.1 Å². The Morgan fingerprint density at radius 3 is 1.67 bits per heavy atom. The second kappa shape index (κ2) is 12.3. The molecule has 0 saturated carbocycles. The van der Waals surface area contributed by atoms with Crippen LogP contribution in [0.4, 0.5) is 0 Å². The molecular weight excluding hydrogens is 596 g/mol. The van der Waals surface area contributed by atoms with E-state index in [1.807, 2.05) is 36.4 Å². The maximum Gasteiger partial charge on any atom is 0.132 e. The quantitative estimate of drug-likeness (QED) is 0.136. The maximum atomic E-state index is 12.7. The molecule has 226 valence electrons. The summed E-state index contributed by atoms with van der Waals surface area (Å²) in [5, 5.41) is 33.6. The fourth-order valence-electron chi connectivity index (χ4n) is 6.71. The summed E-state index contributed by atoms with van der Waals surface area (Å²) in [6.07, 6.45) is -0.867. The molecule has 7 rings (SSSR count). The molecule has 0 aliphatic heterocycles. The predicted octanol–water partition coefficient (Wildman–Crippen LogP) is 8.75. The molecule has 0 radical (unpaired) electrons. The third-order valence-corrected chi connectivity index (χ3v) is 13.4. The minimum Gasteiger partial charge on any atom is -0.507 e. The van der Waals surface area contributed by atoms with E-state index in [2.05, 4.69) is 135 Å². The largest absolute Gasteiger partial charge is 0.507 e. The van der Waals surface area contributed by atoms with E-state index >= 15 is 0 Å². The van der Waals surface area contributed by atoms with Crippen molar-refractivity contribution >= 4 is 58.6 Å². The van der Waals surface area contributed by atoms with Gasteiger partial charge in [0.05, 0.1) is 8.07 Å². The summed E-state index contributed by atoms with van der Waals surface area (Å²) in [6, 6.07) is 52.3. The standard InChI is InChI=1S/C42H37O2PSi/c1-46(2,3)38-25-15-14-24-35(38)41(43)36-27-26-29-16-10-12-22-33(29)39(36)40-34-23-13-11-17-30(34)28-37(42(40)44)45(31-18-6-4-7-19-31)32-20-8-5-9-21-32/h4-28,41,43-44H,1-3H3/t41-/m1/s1. The minimum absolute atomic E-state index is 0.265. The average Bonchev–Trinajstić information content (AvgIpc) is 3.09. The lowest BCUT2D eigenvalue weighted by molar-refractivity contribution is 0.222. The van der Waals surface area contributed by atoms with E-state index in [0.717, 1.165) is 49.1 Å². The van der Waals surface area contributed by atoms with Gasteiger partial charge >= 0.3 is 0 Å². The zero-order valence-corrected chi connectivity index (χ0v) is 28.2. The second-order valence-electron chi connectivity index (χ2n) is 12.8. The zero-order valence-electron chi connectivity index (χ0n) is 26.4. The van der Waals surface area contributed by atoms with Crippen LogP contribution in [0.5, 0.6) is 5.75 Å². The molecule has 0 amide bonds. The van der Waals surface area contributed by atoms with Crippen molar-refractivity contribution in [3.63, 3.8) is 0 Å². The lowest BCUT2D eigenvalue weighted by Crippen LogP contribution is -2.40. The van der Waals surface area contributed by atoms with Gasteiger partial charge in [-0.3, -0.25) is 0 Å². The van der Waals surface area contributed by atoms with Crippen LogP contribution >= 0.6 is 7.92 Å². The predicted molar refractivity (Wildman–Crippen MR) is 201 cm³/mol. The summed E-state index contributed by atoms with van der Waals surface area (Å²) < 4.78 is 0. The van der Waals surface area contributed by atoms with Gasteiger partial charge in [-0.25, -0.2) is 0 Å². The highest BCUT2D eigenvalue weighted by Gasteiger charge is 2.29. The zero-order chi connectivity index (χ0) is 31.8. The highest BCUT2D eigenvalue weighted by atomic mass is 31.1. The van der Waals surface area contributed by atoms with Gasteiger partial charge < -0.3 is 10.2 Å². The molecule has 2 nitrogen and oxygen atoms in total. The average molecular weight is 633 g/mol. The first kappa shape index (κ1) is 30.1. The van der Waals surface area contributed by atoms with Crippen molar-refractivity contribution in [2.45, 2.75) is 25.7 Å². The summed E-state index contributed by atoms with van der Waals surface area (Å²) in [5.74, 6) is 0.265. The maximum absolute atomic E-state index is 12.7. The molecule has 46 heavy (non-hydrogen) atoms. The molecule has 0 heterocycles. The molecule has 0 spiro atoms. The first-order chi connectivity index (χ1) is 22.3. The third-order valence-electron chi connectivity index (χ3n) is 8.84. The van der Waals surface area contributed by atoms with Crippen molar-refractivity contribution in [2.24, 2.45) is 0 Å². The fraction of sp³-hybridized carbons (Fsp3) is 0.0952. The van der Waals surface area contributed by atoms with Crippen molar-refractivity contribution in [1.29, 1.82) is 0 Å². The number of benzene rings is 7. The summed E-state index contributed by atoms with van der Waals surface area (Å²) >= 11 is 0. The number of phenolic OH excluding ortho intramolecular Hbond substituents is 1. The van der Waals surface area contributed by atoms with E-state index < -0.39 is 22.1 Å². The summed E-state index contributed by atoms with van der Waals surface area (Å²) in [4.78, 5) is 0. The van der Waals surface area contributed by atoms with Crippen LogP contribution in [0.3, 0.4) is 0 Å². The van der Waals surface area contributed by atoms with Gasteiger partial charge in [-0.2, -0.15) is 0 Å². The van der Waals surface area contributed by atoms with E-state index in [1.54, 1.807) is 0 Å². The Kier molecular flexibility index (Phi) is 8.09. The van der Waals surface area contributed by atoms with Crippen molar-refractivity contribution in [2.75, 3.05) is 0 Å². The Morgan fingerprint density at radius 1 is 0.522 bits per heavy atom. The van der Waals surface area contributed by atoms with Gasteiger partial charge in [0.2, 0.25) is 0 Å². The molecule has 0 aliphatic carbocycles. The summed E-state index contributed by atoms with van der Waals surface area (Å²) in [5.41, 5.74) is 3.38. The van der Waals surface area contributed by atoms with Crippen LogP contribution in [0.25, 0.3) is 32.7 Å². The molecule has 7 aromatic rings. The second-order valence-corrected chi connectivity index (χ2v) is 20.1. The summed E-state index contributed by atoms with van der Waals surface area (Å²) in [6.45, 7) is 6.95. The van der Waals surface area contributed by atoms with Gasteiger partial charge in [0.1, 0.15) is 11.9 Å². The van der Waals surface area contributed by atoms with Crippen LogP contribution in [-0.2, 0) is 0 Å². The molecule has 7 aromatic carbocycles. The van der Waals surface area contributed by atoms with Crippen LogP contribution in [0.1, 0.15) is 17.2 Å². The number of hydrogen-bond donors (Lipinski definition) is 2. The van der Waals surface area contributed by atoms with Crippen LogP contribution in [0.2, 0.25) is 19.6 Å². The molecule has 0 unspecified atom stereocenters. The number of fused-ring (bicyclic) bond motifs is 2. The molecule has 1 atom stereocenters. The number of phenols is 1. The number of hydrogen-bond acceptors (Lipinski definition) is 2. The van der Waals surface area contributed by atoms with Gasteiger partial charge in [0.15, 0.2) is 0 Å². The lowest BCUT2D eigenvalue weighted by atomic mass is 9.86. The topological polar surface area (TPSA) is 40.5 Å². The van der Waals surface area contributed by atoms with E-state index in [1.165, 1.54) is 15.8 Å². The molecule has 4 heteroatoms. The Balaban J connectivity index is 1.58. The van der Waals surface area contributed by atoms with Gasteiger partial charge in [-0.1, -0.05) is 170 Å². The first-order valence-corrected chi connectivity index (χ1v) is 20.6. The van der Waals surface area contributed by atoms with Crippen molar-refractivity contribution in [3.05, 3.63) is 163 Å². The Hall–Kier alpha value is -4.53. The van der Waals surface area contributed by atoms with Gasteiger partial charge in [0.25, 0.3) is 0 Å². The number of aliphatic hydroxyl groups excluding tert-OH is 1. The Labute approximate surface area is 273 Å². The van der Waals surface area contributed by atoms with E-state index in [0.29, 0.717) is 0 Å². The van der Waals surface area contributed by atoms with Crippen molar-refractivity contribution in [3.8, 4) is 16.9 Å². The molecule has 0 aromatic heterocycles. The number of aliphatic hydroxyl groups is 1. The van der Waals surface area contributed by atoms with Crippen molar-refractivity contribution < 1.29 is 10.2 Å². The molecule has 2 N–H and O–H groups in total. The van der Waals surface area contributed by atoms with E-state index in [4.69, 9.17) is 0 Å².